The zero-order chi connectivity index (χ0) is 13.7. The van der Waals surface area contributed by atoms with Crippen LogP contribution in [0, 0.1) is 5.82 Å². The average molecular weight is 393 g/mol. The van der Waals surface area contributed by atoms with E-state index in [0.29, 0.717) is 18.2 Å². The first-order valence-electron chi connectivity index (χ1n) is 6.66. The highest BCUT2D eigenvalue weighted by atomic mass is 127. The van der Waals surface area contributed by atoms with E-state index in [9.17, 15) is 4.39 Å². The molecule has 0 unspecified atom stereocenters. The van der Waals surface area contributed by atoms with Gasteiger partial charge in [-0.25, -0.2) is 9.38 Å². The molecule has 4 nitrogen and oxygen atoms in total. The molecule has 20 heavy (non-hydrogen) atoms. The minimum atomic E-state index is -0.377. The van der Waals surface area contributed by atoms with Crippen molar-refractivity contribution >= 4 is 29.9 Å². The van der Waals surface area contributed by atoms with E-state index in [4.69, 9.17) is 5.11 Å². The fourth-order valence-electron chi connectivity index (χ4n) is 1.76. The van der Waals surface area contributed by atoms with Crippen LogP contribution in [0.5, 0.6) is 0 Å². The number of hydrogen-bond donors (Lipinski definition) is 3. The Labute approximate surface area is 135 Å². The van der Waals surface area contributed by atoms with Crippen molar-refractivity contribution in [2.24, 2.45) is 4.99 Å². The average Bonchev–Trinajstić information content (AvgIpc) is 3.21. The largest absolute Gasteiger partial charge is 0.392 e. The number of halogens is 2. The number of guanidine groups is 1. The lowest BCUT2D eigenvalue weighted by Gasteiger charge is -2.10. The molecule has 3 N–H and O–H groups in total. The van der Waals surface area contributed by atoms with Gasteiger partial charge in [0.1, 0.15) is 5.82 Å². The Balaban J connectivity index is 0.00000200. The van der Waals surface area contributed by atoms with E-state index in [0.717, 1.165) is 18.1 Å². The van der Waals surface area contributed by atoms with Crippen LogP contribution in [-0.2, 0) is 13.2 Å². The fourth-order valence-corrected chi connectivity index (χ4v) is 1.76. The van der Waals surface area contributed by atoms with Crippen molar-refractivity contribution in [2.75, 3.05) is 6.54 Å². The highest BCUT2D eigenvalue weighted by molar-refractivity contribution is 14.0. The number of benzene rings is 1. The normalized spacial score (nSPS) is 14.7. The number of hydrogen-bond acceptors (Lipinski definition) is 2. The van der Waals surface area contributed by atoms with Crippen molar-refractivity contribution in [3.63, 3.8) is 0 Å². The first-order chi connectivity index (χ1) is 9.22. The van der Waals surface area contributed by atoms with Gasteiger partial charge in [-0.05, 0) is 37.5 Å². The number of nitrogens with one attached hydrogen (secondary N) is 2. The van der Waals surface area contributed by atoms with Crippen LogP contribution < -0.4 is 10.6 Å². The summed E-state index contributed by atoms with van der Waals surface area (Å²) in [5, 5.41) is 15.5. The van der Waals surface area contributed by atoms with Gasteiger partial charge in [-0.1, -0.05) is 6.07 Å². The van der Waals surface area contributed by atoms with E-state index in [1.165, 1.54) is 18.9 Å². The molecule has 112 valence electrons. The predicted molar refractivity (Wildman–Crippen MR) is 88.7 cm³/mol. The van der Waals surface area contributed by atoms with Crippen LogP contribution in [0.1, 0.15) is 30.9 Å². The molecule has 2 rings (SSSR count). The van der Waals surface area contributed by atoms with Gasteiger partial charge in [-0.3, -0.25) is 0 Å². The number of aliphatic hydroxyl groups is 1. The van der Waals surface area contributed by atoms with E-state index in [1.54, 1.807) is 12.1 Å². The highest BCUT2D eigenvalue weighted by Crippen LogP contribution is 2.18. The summed E-state index contributed by atoms with van der Waals surface area (Å²) in [5.41, 5.74) is 1.20. The van der Waals surface area contributed by atoms with Gasteiger partial charge in [-0.15, -0.1) is 24.0 Å². The van der Waals surface area contributed by atoms with Crippen molar-refractivity contribution in [3.8, 4) is 0 Å². The maximum atomic E-state index is 13.2. The predicted octanol–water partition coefficient (Wildman–Crippen LogP) is 2.15. The Morgan fingerprint density at radius 1 is 1.45 bits per heavy atom. The van der Waals surface area contributed by atoms with Gasteiger partial charge in [0.2, 0.25) is 0 Å². The molecule has 0 spiro atoms. The summed E-state index contributed by atoms with van der Waals surface area (Å²) in [6, 6.07) is 5.26. The third-order valence-electron chi connectivity index (χ3n) is 2.96. The molecular weight excluding hydrogens is 372 g/mol. The van der Waals surface area contributed by atoms with E-state index in [1.807, 2.05) is 6.92 Å². The van der Waals surface area contributed by atoms with Gasteiger partial charge in [0.25, 0.3) is 0 Å². The Morgan fingerprint density at radius 3 is 2.80 bits per heavy atom. The quantitative estimate of drug-likeness (QED) is 0.408. The number of rotatable bonds is 5. The molecule has 0 aromatic heterocycles. The topological polar surface area (TPSA) is 56.7 Å². The van der Waals surface area contributed by atoms with Gasteiger partial charge in [0.15, 0.2) is 5.96 Å². The van der Waals surface area contributed by atoms with Gasteiger partial charge in [-0.2, -0.15) is 0 Å². The molecule has 0 amide bonds. The number of aliphatic hydroxyl groups excluding tert-OH is 1. The molecule has 1 aromatic rings. The summed E-state index contributed by atoms with van der Waals surface area (Å²) in [6.07, 6.45) is 2.38. The standard InChI is InChI=1S/C14H20FN3O.HI/c1-2-16-14(18-12-4-5-12)17-8-10-3-6-13(15)11(7-10)9-19;/h3,6-7,12,19H,2,4-5,8-9H2,1H3,(H2,16,17,18);1H. The van der Waals surface area contributed by atoms with E-state index >= 15 is 0 Å². The Bertz CT molecular complexity index is 464. The third-order valence-corrected chi connectivity index (χ3v) is 2.96. The summed E-state index contributed by atoms with van der Waals surface area (Å²) in [5.74, 6) is 0.415. The Morgan fingerprint density at radius 2 is 2.20 bits per heavy atom. The van der Waals surface area contributed by atoms with Crippen LogP contribution in [0.15, 0.2) is 23.2 Å². The van der Waals surface area contributed by atoms with Crippen molar-refractivity contribution in [1.29, 1.82) is 0 Å². The molecule has 1 aliphatic rings. The lowest BCUT2D eigenvalue weighted by atomic mass is 10.1. The molecule has 0 atom stereocenters. The molecular formula is C14H21FIN3O. The molecule has 1 aliphatic carbocycles. The monoisotopic (exact) mass is 393 g/mol. The van der Waals surface area contributed by atoms with Crippen LogP contribution in [0.3, 0.4) is 0 Å². The number of aliphatic imine (C=N–C) groups is 1. The zero-order valence-corrected chi connectivity index (χ0v) is 13.9. The van der Waals surface area contributed by atoms with Crippen LogP contribution in [0.25, 0.3) is 0 Å². The first kappa shape index (κ1) is 17.2. The molecule has 0 aliphatic heterocycles. The molecule has 0 radical (unpaired) electrons. The molecule has 0 heterocycles. The van der Waals surface area contributed by atoms with Gasteiger partial charge in [0.05, 0.1) is 13.2 Å². The summed E-state index contributed by atoms with van der Waals surface area (Å²) >= 11 is 0. The summed E-state index contributed by atoms with van der Waals surface area (Å²) in [4.78, 5) is 4.46. The molecule has 0 bridgehead atoms. The van der Waals surface area contributed by atoms with Crippen molar-refractivity contribution in [2.45, 2.75) is 39.0 Å². The SMILES string of the molecule is CCNC(=NCc1ccc(F)c(CO)c1)NC1CC1.I. The Kier molecular flexibility index (Phi) is 7.22. The maximum absolute atomic E-state index is 13.2. The van der Waals surface area contributed by atoms with Crippen molar-refractivity contribution in [1.82, 2.24) is 10.6 Å². The van der Waals surface area contributed by atoms with Crippen LogP contribution in [0.2, 0.25) is 0 Å². The van der Waals surface area contributed by atoms with Gasteiger partial charge < -0.3 is 15.7 Å². The molecule has 6 heteroatoms. The van der Waals surface area contributed by atoms with E-state index < -0.39 is 0 Å². The smallest absolute Gasteiger partial charge is 0.191 e. The minimum absolute atomic E-state index is 0. The second-order valence-electron chi connectivity index (χ2n) is 4.70. The van der Waals surface area contributed by atoms with Crippen molar-refractivity contribution in [3.05, 3.63) is 35.1 Å². The van der Waals surface area contributed by atoms with Gasteiger partial charge in [0, 0.05) is 18.2 Å². The van der Waals surface area contributed by atoms with E-state index in [2.05, 4.69) is 15.6 Å². The molecule has 1 fully saturated rings. The minimum Gasteiger partial charge on any atom is -0.392 e. The summed E-state index contributed by atoms with van der Waals surface area (Å²) < 4.78 is 13.2. The molecule has 1 saturated carbocycles. The second kappa shape index (κ2) is 8.41. The lowest BCUT2D eigenvalue weighted by Crippen LogP contribution is -2.38. The fraction of sp³-hybridized carbons (Fsp3) is 0.500. The van der Waals surface area contributed by atoms with E-state index in [-0.39, 0.29) is 36.4 Å². The van der Waals surface area contributed by atoms with Crippen LogP contribution >= 0.6 is 24.0 Å². The number of nitrogens with zero attached hydrogens (tertiary/aromatic N) is 1. The highest BCUT2D eigenvalue weighted by Gasteiger charge is 2.21. The second-order valence-corrected chi connectivity index (χ2v) is 4.70. The van der Waals surface area contributed by atoms with Gasteiger partial charge >= 0.3 is 0 Å². The van der Waals surface area contributed by atoms with Crippen molar-refractivity contribution < 1.29 is 9.50 Å². The maximum Gasteiger partial charge on any atom is 0.191 e. The first-order valence-corrected chi connectivity index (χ1v) is 6.66. The summed E-state index contributed by atoms with van der Waals surface area (Å²) in [6.45, 7) is 3.01. The zero-order valence-electron chi connectivity index (χ0n) is 11.5. The molecule has 1 aromatic carbocycles. The third kappa shape index (κ3) is 5.24. The van der Waals surface area contributed by atoms with Crippen LogP contribution in [0.4, 0.5) is 4.39 Å². The lowest BCUT2D eigenvalue weighted by molar-refractivity contribution is 0.275. The molecule has 0 saturated heterocycles. The summed E-state index contributed by atoms with van der Waals surface area (Å²) in [7, 11) is 0. The Hall–Kier alpha value is -0.890. The van der Waals surface area contributed by atoms with Crippen LogP contribution in [-0.4, -0.2) is 23.7 Å².